The lowest BCUT2D eigenvalue weighted by atomic mass is 9.86. The van der Waals surface area contributed by atoms with Crippen LogP contribution in [-0.4, -0.2) is 4.98 Å². The first-order valence-corrected chi connectivity index (χ1v) is 8.66. The van der Waals surface area contributed by atoms with Crippen LogP contribution in [0.3, 0.4) is 0 Å². The second kappa shape index (κ2) is 4.82. The fourth-order valence-corrected chi connectivity index (χ4v) is 3.65. The molecule has 0 aliphatic heterocycles. The lowest BCUT2D eigenvalue weighted by Gasteiger charge is -2.19. The molecule has 2 heteroatoms. The third kappa shape index (κ3) is 2.07. The fraction of sp³-hybridized carbons (Fsp3) is 0.174. The zero-order valence-electron chi connectivity index (χ0n) is 14.6. The molecule has 0 saturated heterocycles. The summed E-state index contributed by atoms with van der Waals surface area (Å²) in [5, 5.41) is 3.46. The Hall–Kier alpha value is -2.87. The summed E-state index contributed by atoms with van der Waals surface area (Å²) in [6.07, 6.45) is 0. The lowest BCUT2D eigenvalue weighted by Crippen LogP contribution is -2.10. The summed E-state index contributed by atoms with van der Waals surface area (Å²) in [5.74, 6) is 0. The van der Waals surface area contributed by atoms with Crippen molar-refractivity contribution in [3.63, 3.8) is 0 Å². The van der Waals surface area contributed by atoms with Crippen LogP contribution in [-0.2, 0) is 5.41 Å². The van der Waals surface area contributed by atoms with Gasteiger partial charge in [0.15, 0.2) is 0 Å². The van der Waals surface area contributed by atoms with Gasteiger partial charge in [0.1, 0.15) is 11.2 Å². The molecule has 0 spiro atoms. The Morgan fingerprint density at radius 1 is 0.760 bits per heavy atom. The van der Waals surface area contributed by atoms with Gasteiger partial charge in [0, 0.05) is 16.3 Å². The van der Waals surface area contributed by atoms with E-state index in [2.05, 4.69) is 69.3 Å². The monoisotopic (exact) mass is 325 g/mol. The van der Waals surface area contributed by atoms with Crippen molar-refractivity contribution >= 4 is 32.8 Å². The largest absolute Gasteiger partial charge is 0.456 e. The van der Waals surface area contributed by atoms with Gasteiger partial charge in [-0.25, -0.2) is 4.98 Å². The molecule has 0 aliphatic rings. The molecule has 25 heavy (non-hydrogen) atoms. The van der Waals surface area contributed by atoms with Crippen molar-refractivity contribution in [1.29, 1.82) is 0 Å². The van der Waals surface area contributed by atoms with Gasteiger partial charge >= 0.3 is 0 Å². The summed E-state index contributed by atoms with van der Waals surface area (Å²) in [7, 11) is 0. The van der Waals surface area contributed by atoms with Crippen molar-refractivity contribution in [3.05, 3.63) is 66.2 Å². The molecule has 2 bridgehead atoms. The summed E-state index contributed by atoms with van der Waals surface area (Å²) >= 11 is 0. The van der Waals surface area contributed by atoms with E-state index >= 15 is 0 Å². The normalized spacial score (nSPS) is 12.6. The van der Waals surface area contributed by atoms with Gasteiger partial charge in [-0.05, 0) is 29.2 Å². The van der Waals surface area contributed by atoms with Crippen LogP contribution in [0.15, 0.2) is 65.1 Å². The van der Waals surface area contributed by atoms with Crippen LogP contribution < -0.4 is 0 Å². The highest BCUT2D eigenvalue weighted by Gasteiger charge is 2.19. The third-order valence-electron chi connectivity index (χ3n) is 5.02. The highest BCUT2D eigenvalue weighted by atomic mass is 16.3. The van der Waals surface area contributed by atoms with Crippen molar-refractivity contribution in [1.82, 2.24) is 4.98 Å². The zero-order valence-corrected chi connectivity index (χ0v) is 14.6. The van der Waals surface area contributed by atoms with Gasteiger partial charge in [-0.15, -0.1) is 0 Å². The minimum Gasteiger partial charge on any atom is -0.456 e. The van der Waals surface area contributed by atoms with Gasteiger partial charge in [0.2, 0.25) is 0 Å². The lowest BCUT2D eigenvalue weighted by molar-refractivity contribution is 0.590. The standard InChI is InChI=1S/C23H19NO/c1-23(2,3)15-10-8-14(9-11-15)22-21-19-13-12-18(25-19)20(21)16-6-4-5-7-17(16)24-22/h4-13H,1-3H3. The predicted octanol–water partition coefficient (Wildman–Crippen LogP) is 6.54. The van der Waals surface area contributed by atoms with E-state index in [9.17, 15) is 0 Å². The average Bonchev–Trinajstić information content (AvgIpc) is 3.23. The molecule has 5 rings (SSSR count). The van der Waals surface area contributed by atoms with Crippen LogP contribution in [0.1, 0.15) is 26.3 Å². The smallest absolute Gasteiger partial charge is 0.137 e. The van der Waals surface area contributed by atoms with E-state index < -0.39 is 0 Å². The first-order valence-electron chi connectivity index (χ1n) is 8.66. The molecule has 0 atom stereocenters. The summed E-state index contributed by atoms with van der Waals surface area (Å²) < 4.78 is 5.97. The van der Waals surface area contributed by atoms with E-state index in [1.807, 2.05) is 12.1 Å². The maximum Gasteiger partial charge on any atom is 0.137 e. The number of fused-ring (bicyclic) bond motifs is 7. The summed E-state index contributed by atoms with van der Waals surface area (Å²) in [4.78, 5) is 4.98. The molecule has 0 unspecified atom stereocenters. The van der Waals surface area contributed by atoms with Crippen molar-refractivity contribution in [2.45, 2.75) is 26.2 Å². The number of nitrogens with zero attached hydrogens (tertiary/aromatic N) is 1. The van der Waals surface area contributed by atoms with Gasteiger partial charge < -0.3 is 4.42 Å². The van der Waals surface area contributed by atoms with Gasteiger partial charge in [-0.3, -0.25) is 0 Å². The number of hydrogen-bond donors (Lipinski definition) is 0. The predicted molar refractivity (Wildman–Crippen MR) is 104 cm³/mol. The van der Waals surface area contributed by atoms with Gasteiger partial charge in [0.25, 0.3) is 0 Å². The Balaban J connectivity index is 1.83. The molecule has 0 N–H and O–H groups in total. The summed E-state index contributed by atoms with van der Waals surface area (Å²) in [5.41, 5.74) is 6.47. The van der Waals surface area contributed by atoms with Gasteiger partial charge in [-0.2, -0.15) is 0 Å². The minimum absolute atomic E-state index is 0.146. The number of rotatable bonds is 1. The molecule has 2 nitrogen and oxygen atoms in total. The van der Waals surface area contributed by atoms with Crippen LogP contribution in [0.4, 0.5) is 0 Å². The quantitative estimate of drug-likeness (QED) is 0.327. The molecular weight excluding hydrogens is 306 g/mol. The number of hydrogen-bond acceptors (Lipinski definition) is 2. The SMILES string of the molecule is CC(C)(C)c1ccc(-c2nc3ccccc3c3c4ccc(o4)c23)cc1. The molecule has 0 amide bonds. The first-order chi connectivity index (χ1) is 12.0. The molecule has 3 aromatic heterocycles. The first kappa shape index (κ1) is 14.5. The van der Waals surface area contributed by atoms with Crippen LogP contribution in [0.2, 0.25) is 0 Å². The third-order valence-corrected chi connectivity index (χ3v) is 5.02. The van der Waals surface area contributed by atoms with Crippen LogP contribution >= 0.6 is 0 Å². The second-order valence-electron chi connectivity index (χ2n) is 7.72. The van der Waals surface area contributed by atoms with Crippen molar-refractivity contribution in [2.75, 3.05) is 0 Å². The van der Waals surface area contributed by atoms with E-state index in [1.165, 1.54) is 10.9 Å². The average molecular weight is 325 g/mol. The van der Waals surface area contributed by atoms with E-state index in [0.717, 1.165) is 38.7 Å². The molecule has 0 saturated carbocycles. The second-order valence-corrected chi connectivity index (χ2v) is 7.72. The number of aromatic nitrogens is 1. The highest BCUT2D eigenvalue weighted by molar-refractivity contribution is 6.23. The van der Waals surface area contributed by atoms with Gasteiger partial charge in [0.05, 0.1) is 16.6 Å². The summed E-state index contributed by atoms with van der Waals surface area (Å²) in [6.45, 7) is 6.70. The van der Waals surface area contributed by atoms with Crippen molar-refractivity contribution in [2.24, 2.45) is 0 Å². The summed E-state index contributed by atoms with van der Waals surface area (Å²) in [6, 6.07) is 21.2. The van der Waals surface area contributed by atoms with E-state index in [4.69, 9.17) is 9.40 Å². The van der Waals surface area contributed by atoms with E-state index in [1.54, 1.807) is 0 Å². The molecule has 5 aromatic rings. The molecular formula is C23H19NO. The Kier molecular flexibility index (Phi) is 2.79. The number of benzene rings is 3. The van der Waals surface area contributed by atoms with Crippen molar-refractivity contribution in [3.8, 4) is 11.3 Å². The van der Waals surface area contributed by atoms with Crippen molar-refractivity contribution < 1.29 is 4.42 Å². The molecule has 2 aromatic carbocycles. The van der Waals surface area contributed by atoms with Gasteiger partial charge in [-0.1, -0.05) is 63.2 Å². The Labute approximate surface area is 146 Å². The number of pyridine rings is 1. The maximum atomic E-state index is 5.97. The molecule has 122 valence electrons. The Morgan fingerprint density at radius 3 is 2.16 bits per heavy atom. The number of furan rings is 2. The van der Waals surface area contributed by atoms with Crippen LogP contribution in [0.5, 0.6) is 0 Å². The van der Waals surface area contributed by atoms with Crippen LogP contribution in [0.25, 0.3) is 44.1 Å². The topological polar surface area (TPSA) is 26.0 Å². The molecule has 0 aliphatic carbocycles. The number of para-hydroxylation sites is 1. The molecule has 0 fully saturated rings. The highest BCUT2D eigenvalue weighted by Crippen LogP contribution is 2.41. The minimum atomic E-state index is 0.146. The molecule has 0 radical (unpaired) electrons. The zero-order chi connectivity index (χ0) is 17.2. The fourth-order valence-electron chi connectivity index (χ4n) is 3.65. The Bertz CT molecular complexity index is 1210. The van der Waals surface area contributed by atoms with Crippen LogP contribution in [0, 0.1) is 0 Å². The van der Waals surface area contributed by atoms with E-state index in [-0.39, 0.29) is 5.41 Å². The van der Waals surface area contributed by atoms with E-state index in [0.29, 0.717) is 0 Å². The maximum absolute atomic E-state index is 5.97. The Morgan fingerprint density at radius 2 is 1.44 bits per heavy atom. The molecule has 3 heterocycles.